The summed E-state index contributed by atoms with van der Waals surface area (Å²) in [5, 5.41) is 0. The van der Waals surface area contributed by atoms with Gasteiger partial charge < -0.3 is 10.6 Å². The summed E-state index contributed by atoms with van der Waals surface area (Å²) in [6.45, 7) is 6.29. The average Bonchev–Trinajstić information content (AvgIpc) is 3.08. The number of fused-ring (bicyclic) bond motifs is 1. The van der Waals surface area contributed by atoms with Crippen LogP contribution in [0.2, 0.25) is 0 Å². The molecule has 3 aromatic rings. The second-order valence-corrected chi connectivity index (χ2v) is 8.38. The van der Waals surface area contributed by atoms with Gasteiger partial charge in [0, 0.05) is 32.6 Å². The first-order chi connectivity index (χ1) is 14.4. The van der Waals surface area contributed by atoms with Crippen LogP contribution in [0.15, 0.2) is 46.8 Å². The van der Waals surface area contributed by atoms with E-state index in [2.05, 4.69) is 23.1 Å². The Morgan fingerprint density at radius 3 is 2.70 bits per heavy atom. The summed E-state index contributed by atoms with van der Waals surface area (Å²) in [4.78, 5) is 25.2. The number of anilines is 1. The summed E-state index contributed by atoms with van der Waals surface area (Å²) < 4.78 is 3.67. The van der Waals surface area contributed by atoms with Crippen LogP contribution < -0.4 is 16.2 Å². The van der Waals surface area contributed by atoms with E-state index in [-0.39, 0.29) is 11.6 Å². The number of aromatic nitrogens is 4. The van der Waals surface area contributed by atoms with Crippen molar-refractivity contribution in [1.82, 2.24) is 19.1 Å². The van der Waals surface area contributed by atoms with Crippen LogP contribution in [0, 0.1) is 0 Å². The highest BCUT2D eigenvalue weighted by atomic mass is 16.1. The van der Waals surface area contributed by atoms with Gasteiger partial charge in [-0.15, -0.1) is 0 Å². The van der Waals surface area contributed by atoms with Gasteiger partial charge in [0.1, 0.15) is 5.82 Å². The van der Waals surface area contributed by atoms with Gasteiger partial charge in [-0.1, -0.05) is 42.0 Å². The predicted molar refractivity (Wildman–Crippen MR) is 121 cm³/mol. The highest BCUT2D eigenvalue weighted by molar-refractivity contribution is 5.74. The predicted octanol–water partition coefficient (Wildman–Crippen LogP) is 2.61. The van der Waals surface area contributed by atoms with E-state index in [1.54, 1.807) is 11.6 Å². The van der Waals surface area contributed by atoms with Gasteiger partial charge >= 0.3 is 0 Å². The Hall–Kier alpha value is -2.93. The van der Waals surface area contributed by atoms with Crippen molar-refractivity contribution < 1.29 is 0 Å². The zero-order valence-electron chi connectivity index (χ0n) is 18.0. The van der Waals surface area contributed by atoms with Crippen LogP contribution in [0.25, 0.3) is 11.2 Å². The maximum atomic E-state index is 13.4. The molecule has 0 saturated carbocycles. The number of imidazole rings is 1. The minimum Gasteiger partial charge on any atom is -0.341 e. The largest absolute Gasteiger partial charge is 0.341 e. The molecule has 0 spiro atoms. The molecule has 4 rings (SSSR count). The molecule has 0 aliphatic carbocycles. The maximum absolute atomic E-state index is 13.4. The molecule has 30 heavy (non-hydrogen) atoms. The zero-order valence-corrected chi connectivity index (χ0v) is 18.0. The Morgan fingerprint density at radius 2 is 2.00 bits per heavy atom. The van der Waals surface area contributed by atoms with Crippen LogP contribution in [-0.2, 0) is 20.0 Å². The Bertz CT molecular complexity index is 1120. The van der Waals surface area contributed by atoms with Gasteiger partial charge in [0.05, 0.1) is 6.54 Å². The lowest BCUT2D eigenvalue weighted by Crippen LogP contribution is -2.44. The summed E-state index contributed by atoms with van der Waals surface area (Å²) in [6, 6.07) is 10.3. The fourth-order valence-corrected chi connectivity index (χ4v) is 4.02. The Kier molecular flexibility index (Phi) is 5.72. The normalized spacial score (nSPS) is 16.8. The molecule has 0 bridgehead atoms. The zero-order chi connectivity index (χ0) is 21.3. The Labute approximate surface area is 176 Å². The second-order valence-electron chi connectivity index (χ2n) is 8.38. The molecular formula is C23H30N6O. The number of hydrogen-bond donors (Lipinski definition) is 1. The van der Waals surface area contributed by atoms with Gasteiger partial charge in [0.25, 0.3) is 5.56 Å². The molecule has 3 heterocycles. The standard InChI is InChI=1S/C23H30N6O/c1-16(2)11-12-19-25-21-20(22(30)27(19)3)29(14-17-8-5-4-6-9-17)23(26-21)28-13-7-10-18(24)15-28/h4-6,8-9,11,18H,7,10,12-15,24H2,1-3H3. The van der Waals surface area contributed by atoms with Crippen molar-refractivity contribution in [2.24, 2.45) is 12.8 Å². The summed E-state index contributed by atoms with van der Waals surface area (Å²) >= 11 is 0. The van der Waals surface area contributed by atoms with E-state index in [0.717, 1.165) is 43.3 Å². The van der Waals surface area contributed by atoms with Crippen LogP contribution in [0.1, 0.15) is 38.1 Å². The molecule has 0 amide bonds. The fraction of sp³-hybridized carbons (Fsp3) is 0.435. The third kappa shape index (κ3) is 4.03. The Morgan fingerprint density at radius 1 is 1.23 bits per heavy atom. The van der Waals surface area contributed by atoms with Gasteiger partial charge in [-0.2, -0.15) is 4.98 Å². The van der Waals surface area contributed by atoms with E-state index >= 15 is 0 Å². The molecule has 0 radical (unpaired) electrons. The lowest BCUT2D eigenvalue weighted by molar-refractivity contribution is 0.495. The van der Waals surface area contributed by atoms with E-state index in [0.29, 0.717) is 24.1 Å². The number of hydrogen-bond acceptors (Lipinski definition) is 5. The molecule has 1 aromatic carbocycles. The van der Waals surface area contributed by atoms with Crippen LogP contribution in [0.4, 0.5) is 5.95 Å². The topological polar surface area (TPSA) is 82.0 Å². The van der Waals surface area contributed by atoms with Gasteiger partial charge in [-0.05, 0) is 32.3 Å². The molecule has 7 nitrogen and oxygen atoms in total. The van der Waals surface area contributed by atoms with Gasteiger partial charge in [0.2, 0.25) is 5.95 Å². The minimum absolute atomic E-state index is 0.0619. The van der Waals surface area contributed by atoms with Crippen molar-refractivity contribution >= 4 is 17.1 Å². The first-order valence-electron chi connectivity index (χ1n) is 10.6. The first-order valence-corrected chi connectivity index (χ1v) is 10.6. The van der Waals surface area contributed by atoms with E-state index in [1.807, 2.05) is 36.6 Å². The fourth-order valence-electron chi connectivity index (χ4n) is 4.02. The molecule has 1 aliphatic heterocycles. The molecule has 158 valence electrons. The van der Waals surface area contributed by atoms with Crippen molar-refractivity contribution in [1.29, 1.82) is 0 Å². The van der Waals surface area contributed by atoms with Crippen molar-refractivity contribution in [3.05, 3.63) is 63.7 Å². The number of piperidine rings is 1. The van der Waals surface area contributed by atoms with Crippen molar-refractivity contribution in [3.8, 4) is 0 Å². The third-order valence-corrected chi connectivity index (χ3v) is 5.68. The number of benzene rings is 1. The number of rotatable bonds is 5. The first kappa shape index (κ1) is 20.3. The number of nitrogens with two attached hydrogens (primary N) is 1. The van der Waals surface area contributed by atoms with E-state index in [4.69, 9.17) is 15.7 Å². The molecule has 1 fully saturated rings. The van der Waals surface area contributed by atoms with E-state index < -0.39 is 0 Å². The number of allylic oxidation sites excluding steroid dienone is 2. The number of nitrogens with zero attached hydrogens (tertiary/aromatic N) is 5. The van der Waals surface area contributed by atoms with Crippen LogP contribution in [0.3, 0.4) is 0 Å². The van der Waals surface area contributed by atoms with Crippen LogP contribution >= 0.6 is 0 Å². The summed E-state index contributed by atoms with van der Waals surface area (Å²) in [6.07, 6.45) is 4.73. The van der Waals surface area contributed by atoms with Crippen molar-refractivity contribution in [2.45, 2.75) is 45.7 Å². The second kappa shape index (κ2) is 8.44. The van der Waals surface area contributed by atoms with Crippen LogP contribution in [0.5, 0.6) is 0 Å². The lowest BCUT2D eigenvalue weighted by Gasteiger charge is -2.31. The maximum Gasteiger partial charge on any atom is 0.279 e. The van der Waals surface area contributed by atoms with E-state index in [9.17, 15) is 4.79 Å². The minimum atomic E-state index is -0.0619. The monoisotopic (exact) mass is 406 g/mol. The molecule has 1 unspecified atom stereocenters. The van der Waals surface area contributed by atoms with Crippen molar-refractivity contribution in [2.75, 3.05) is 18.0 Å². The smallest absolute Gasteiger partial charge is 0.279 e. The third-order valence-electron chi connectivity index (χ3n) is 5.68. The lowest BCUT2D eigenvalue weighted by atomic mass is 10.1. The Balaban J connectivity index is 1.87. The van der Waals surface area contributed by atoms with Gasteiger partial charge in [-0.25, -0.2) is 4.98 Å². The highest BCUT2D eigenvalue weighted by Crippen LogP contribution is 2.24. The van der Waals surface area contributed by atoms with Crippen molar-refractivity contribution in [3.63, 3.8) is 0 Å². The molecule has 2 N–H and O–H groups in total. The SMILES string of the molecule is CC(C)=CCc1nc2nc(N3CCCC(N)C3)n(Cc3ccccc3)c2c(=O)n1C. The summed E-state index contributed by atoms with van der Waals surface area (Å²) in [7, 11) is 1.79. The molecule has 2 aromatic heterocycles. The van der Waals surface area contributed by atoms with Gasteiger partial charge in [-0.3, -0.25) is 13.9 Å². The molecular weight excluding hydrogens is 376 g/mol. The van der Waals surface area contributed by atoms with Crippen LogP contribution in [-0.4, -0.2) is 38.2 Å². The molecule has 1 saturated heterocycles. The molecule has 1 aliphatic rings. The van der Waals surface area contributed by atoms with E-state index in [1.165, 1.54) is 5.57 Å². The average molecular weight is 407 g/mol. The molecule has 1 atom stereocenters. The summed E-state index contributed by atoms with van der Waals surface area (Å²) in [5.41, 5.74) is 9.56. The highest BCUT2D eigenvalue weighted by Gasteiger charge is 2.25. The summed E-state index contributed by atoms with van der Waals surface area (Å²) in [5.74, 6) is 1.51. The molecule has 7 heteroatoms. The quantitative estimate of drug-likeness (QED) is 0.659. The van der Waals surface area contributed by atoms with Gasteiger partial charge in [0.15, 0.2) is 11.2 Å².